The highest BCUT2D eigenvalue weighted by Gasteiger charge is 2.44. The van der Waals surface area contributed by atoms with Crippen LogP contribution >= 0.6 is 0 Å². The van der Waals surface area contributed by atoms with Gasteiger partial charge in [0.2, 0.25) is 0 Å². The molecule has 2 saturated heterocycles. The molecule has 0 unspecified atom stereocenters. The second-order valence-electron chi connectivity index (χ2n) is 4.14. The fourth-order valence-electron chi connectivity index (χ4n) is 2.29. The maximum absolute atomic E-state index is 10.8. The third-order valence-electron chi connectivity index (χ3n) is 3.18. The molecule has 0 spiro atoms. The molecule has 14 heavy (non-hydrogen) atoms. The van der Waals surface area contributed by atoms with E-state index >= 15 is 0 Å². The number of rotatable bonds is 3. The lowest BCUT2D eigenvalue weighted by Gasteiger charge is -2.51. The summed E-state index contributed by atoms with van der Waals surface area (Å²) < 4.78 is 0. The van der Waals surface area contributed by atoms with Crippen LogP contribution in [0.4, 0.5) is 0 Å². The topological polar surface area (TPSA) is 64.6 Å². The molecule has 0 radical (unpaired) electrons. The van der Waals surface area contributed by atoms with Crippen LogP contribution in [0, 0.1) is 0 Å². The minimum Gasteiger partial charge on any atom is -0.481 e. The first-order valence-electron chi connectivity index (χ1n) is 5.11. The molecule has 2 rings (SSSR count). The van der Waals surface area contributed by atoms with Gasteiger partial charge in [-0.2, -0.15) is 0 Å². The molecule has 5 heteroatoms. The highest BCUT2D eigenvalue weighted by atomic mass is 16.4. The second kappa shape index (κ2) is 3.84. The van der Waals surface area contributed by atoms with Crippen LogP contribution in [0.15, 0.2) is 0 Å². The molecule has 0 amide bonds. The summed E-state index contributed by atoms with van der Waals surface area (Å²) in [7, 11) is 0. The number of carbonyl (C=O) groups is 1. The van der Waals surface area contributed by atoms with Crippen molar-refractivity contribution in [2.24, 2.45) is 0 Å². The summed E-state index contributed by atoms with van der Waals surface area (Å²) in [6.07, 6.45) is 0.264. The quantitative estimate of drug-likeness (QED) is 0.528. The highest BCUT2D eigenvalue weighted by Crippen LogP contribution is 2.24. The predicted molar refractivity (Wildman–Crippen MR) is 52.3 cm³/mol. The summed E-state index contributed by atoms with van der Waals surface area (Å²) in [4.78, 5) is 13.1. The van der Waals surface area contributed by atoms with Gasteiger partial charge in [0.05, 0.1) is 12.0 Å². The van der Waals surface area contributed by atoms with E-state index in [0.717, 1.165) is 39.3 Å². The lowest BCUT2D eigenvalue weighted by atomic mass is 9.86. The first-order valence-corrected chi connectivity index (χ1v) is 5.11. The third-order valence-corrected chi connectivity index (χ3v) is 3.18. The van der Waals surface area contributed by atoms with E-state index in [1.165, 1.54) is 0 Å². The molecule has 0 aromatic heterocycles. The molecule has 5 nitrogen and oxygen atoms in total. The van der Waals surface area contributed by atoms with Crippen LogP contribution in [-0.4, -0.2) is 60.8 Å². The van der Waals surface area contributed by atoms with Gasteiger partial charge in [-0.3, -0.25) is 9.69 Å². The van der Waals surface area contributed by atoms with Crippen molar-refractivity contribution < 1.29 is 9.90 Å². The lowest BCUT2D eigenvalue weighted by molar-refractivity contribution is -0.142. The van der Waals surface area contributed by atoms with E-state index in [0.29, 0.717) is 0 Å². The van der Waals surface area contributed by atoms with E-state index in [-0.39, 0.29) is 12.0 Å². The number of nitrogens with zero attached hydrogens (tertiary/aromatic N) is 1. The molecule has 2 aliphatic heterocycles. The average Bonchev–Trinajstić information content (AvgIpc) is 2.12. The van der Waals surface area contributed by atoms with E-state index in [4.69, 9.17) is 5.11 Å². The molecule has 3 N–H and O–H groups in total. The maximum atomic E-state index is 10.8. The molecular weight excluding hydrogens is 182 g/mol. The molecule has 2 aliphatic rings. The zero-order valence-electron chi connectivity index (χ0n) is 8.25. The molecule has 0 bridgehead atoms. The number of carboxylic acids is 1. The van der Waals surface area contributed by atoms with Crippen LogP contribution < -0.4 is 10.6 Å². The minimum absolute atomic E-state index is 0.103. The van der Waals surface area contributed by atoms with Crippen molar-refractivity contribution >= 4 is 5.97 Å². The smallest absolute Gasteiger partial charge is 0.305 e. The molecule has 0 aromatic rings. The molecule has 80 valence electrons. The maximum Gasteiger partial charge on any atom is 0.305 e. The number of piperazine rings is 1. The molecule has 0 aliphatic carbocycles. The Bertz CT molecular complexity index is 222. The molecule has 2 heterocycles. The zero-order valence-corrected chi connectivity index (χ0v) is 8.25. The lowest BCUT2D eigenvalue weighted by Crippen LogP contribution is -2.71. The van der Waals surface area contributed by atoms with Gasteiger partial charge < -0.3 is 15.7 Å². The SMILES string of the molecule is O=C(O)CC1(N2CCNCC2)CNC1. The number of hydrogen-bond acceptors (Lipinski definition) is 4. The standard InChI is InChI=1S/C9H17N3O2/c13-8(14)5-9(6-11-7-9)12-3-1-10-2-4-12/h10-11H,1-7H2,(H,13,14). The van der Waals surface area contributed by atoms with Gasteiger partial charge in [-0.25, -0.2) is 0 Å². The first-order chi connectivity index (χ1) is 6.73. The van der Waals surface area contributed by atoms with Crippen LogP contribution in [-0.2, 0) is 4.79 Å². The van der Waals surface area contributed by atoms with Crippen molar-refractivity contribution in [3.05, 3.63) is 0 Å². The molecular formula is C9H17N3O2. The van der Waals surface area contributed by atoms with Crippen molar-refractivity contribution in [1.82, 2.24) is 15.5 Å². The minimum atomic E-state index is -0.690. The molecule has 2 fully saturated rings. The summed E-state index contributed by atoms with van der Waals surface area (Å²) in [5.74, 6) is -0.690. The Kier molecular flexibility index (Phi) is 2.71. The predicted octanol–water partition coefficient (Wildman–Crippen LogP) is -1.29. The fraction of sp³-hybridized carbons (Fsp3) is 0.889. The van der Waals surface area contributed by atoms with Crippen LogP contribution in [0.1, 0.15) is 6.42 Å². The van der Waals surface area contributed by atoms with E-state index in [1.54, 1.807) is 0 Å². The van der Waals surface area contributed by atoms with Crippen LogP contribution in [0.5, 0.6) is 0 Å². The van der Waals surface area contributed by atoms with Gasteiger partial charge in [0.1, 0.15) is 0 Å². The van der Waals surface area contributed by atoms with Gasteiger partial charge in [-0.05, 0) is 0 Å². The molecule has 0 aromatic carbocycles. The van der Waals surface area contributed by atoms with Gasteiger partial charge in [0.15, 0.2) is 0 Å². The molecule has 0 saturated carbocycles. The fourth-order valence-corrected chi connectivity index (χ4v) is 2.29. The Morgan fingerprint density at radius 1 is 1.29 bits per heavy atom. The number of hydrogen-bond donors (Lipinski definition) is 3. The van der Waals surface area contributed by atoms with Crippen molar-refractivity contribution in [3.63, 3.8) is 0 Å². The Hall–Kier alpha value is -0.650. The summed E-state index contributed by atoms with van der Waals surface area (Å²) in [5, 5.41) is 15.3. The monoisotopic (exact) mass is 199 g/mol. The van der Waals surface area contributed by atoms with E-state index in [1.807, 2.05) is 0 Å². The van der Waals surface area contributed by atoms with Crippen molar-refractivity contribution in [2.75, 3.05) is 39.3 Å². The van der Waals surface area contributed by atoms with Crippen LogP contribution in [0.2, 0.25) is 0 Å². The number of carboxylic acid groups (broad SMARTS) is 1. The largest absolute Gasteiger partial charge is 0.481 e. The third kappa shape index (κ3) is 1.75. The second-order valence-corrected chi connectivity index (χ2v) is 4.14. The van der Waals surface area contributed by atoms with Crippen molar-refractivity contribution in [1.29, 1.82) is 0 Å². The van der Waals surface area contributed by atoms with Crippen LogP contribution in [0.3, 0.4) is 0 Å². The summed E-state index contributed by atoms with van der Waals surface area (Å²) >= 11 is 0. The van der Waals surface area contributed by atoms with Crippen LogP contribution in [0.25, 0.3) is 0 Å². The van der Waals surface area contributed by atoms with Gasteiger partial charge in [-0.15, -0.1) is 0 Å². The van der Waals surface area contributed by atoms with Gasteiger partial charge in [-0.1, -0.05) is 0 Å². The average molecular weight is 199 g/mol. The Balaban J connectivity index is 1.99. The summed E-state index contributed by atoms with van der Waals surface area (Å²) in [5.41, 5.74) is -0.103. The number of nitrogens with one attached hydrogen (secondary N) is 2. The highest BCUT2D eigenvalue weighted by molar-refractivity contribution is 5.68. The number of aliphatic carboxylic acids is 1. The van der Waals surface area contributed by atoms with E-state index < -0.39 is 5.97 Å². The zero-order chi connectivity index (χ0) is 10.0. The Morgan fingerprint density at radius 3 is 2.36 bits per heavy atom. The molecule has 0 atom stereocenters. The Labute approximate surface area is 83.5 Å². The van der Waals surface area contributed by atoms with E-state index in [2.05, 4.69) is 15.5 Å². The first kappa shape index (κ1) is 9.89. The van der Waals surface area contributed by atoms with Crippen molar-refractivity contribution in [2.45, 2.75) is 12.0 Å². The van der Waals surface area contributed by atoms with Gasteiger partial charge in [0.25, 0.3) is 0 Å². The Morgan fingerprint density at radius 2 is 1.93 bits per heavy atom. The van der Waals surface area contributed by atoms with E-state index in [9.17, 15) is 4.79 Å². The summed E-state index contributed by atoms with van der Waals surface area (Å²) in [6, 6.07) is 0. The van der Waals surface area contributed by atoms with Crippen molar-refractivity contribution in [3.8, 4) is 0 Å². The van der Waals surface area contributed by atoms with Gasteiger partial charge in [0, 0.05) is 39.3 Å². The normalized spacial score (nSPS) is 26.9. The summed E-state index contributed by atoms with van der Waals surface area (Å²) in [6.45, 7) is 5.52. The van der Waals surface area contributed by atoms with Gasteiger partial charge >= 0.3 is 5.97 Å².